The lowest BCUT2D eigenvalue weighted by Gasteiger charge is -2.10. The summed E-state index contributed by atoms with van der Waals surface area (Å²) in [6.07, 6.45) is 4.08. The summed E-state index contributed by atoms with van der Waals surface area (Å²) in [7, 11) is 0. The Kier molecular flexibility index (Phi) is 4.17. The highest BCUT2D eigenvalue weighted by Crippen LogP contribution is 2.42. The van der Waals surface area contributed by atoms with Crippen LogP contribution in [0.15, 0.2) is 66.2 Å². The van der Waals surface area contributed by atoms with Crippen LogP contribution < -0.4 is 5.32 Å². The minimum atomic E-state index is -0.164. The van der Waals surface area contributed by atoms with Gasteiger partial charge in [-0.2, -0.15) is 5.10 Å². The Bertz CT molecular complexity index is 1400. The van der Waals surface area contributed by atoms with Gasteiger partial charge in [-0.05, 0) is 25.0 Å². The first-order valence-corrected chi connectivity index (χ1v) is 11.0. The zero-order valence-electron chi connectivity index (χ0n) is 16.4. The van der Waals surface area contributed by atoms with Crippen LogP contribution in [0.4, 0.5) is 5.69 Å². The van der Waals surface area contributed by atoms with E-state index in [0.717, 1.165) is 34.6 Å². The summed E-state index contributed by atoms with van der Waals surface area (Å²) in [6.45, 7) is 0. The van der Waals surface area contributed by atoms with Crippen molar-refractivity contribution in [3.63, 3.8) is 0 Å². The van der Waals surface area contributed by atoms with Crippen LogP contribution in [0.5, 0.6) is 0 Å². The number of aromatic amines is 1. The number of imidazole rings is 1. The Hall–Kier alpha value is -3.78. The molecular weight excluding hydrogens is 408 g/mol. The molecule has 1 aliphatic rings. The van der Waals surface area contributed by atoms with Gasteiger partial charge in [0.1, 0.15) is 5.69 Å². The first-order chi connectivity index (χ1) is 15.3. The number of hydrogen-bond acceptors (Lipinski definition) is 5. The van der Waals surface area contributed by atoms with Crippen molar-refractivity contribution in [1.82, 2.24) is 24.6 Å². The molecule has 0 saturated heterocycles. The van der Waals surface area contributed by atoms with E-state index >= 15 is 0 Å². The van der Waals surface area contributed by atoms with Gasteiger partial charge in [0, 0.05) is 28.6 Å². The maximum absolute atomic E-state index is 13.3. The molecular formula is C23H18N6OS. The number of carbonyl (C=O) groups is 1. The lowest BCUT2D eigenvalue weighted by atomic mass is 10.1. The summed E-state index contributed by atoms with van der Waals surface area (Å²) >= 11 is 1.54. The molecule has 6 rings (SSSR count). The normalized spacial score (nSPS) is 13.5. The third kappa shape index (κ3) is 3.21. The Morgan fingerprint density at radius 2 is 1.87 bits per heavy atom. The van der Waals surface area contributed by atoms with E-state index in [9.17, 15) is 4.79 Å². The van der Waals surface area contributed by atoms with E-state index in [-0.39, 0.29) is 5.91 Å². The third-order valence-electron chi connectivity index (χ3n) is 5.42. The van der Waals surface area contributed by atoms with Gasteiger partial charge in [-0.1, -0.05) is 42.5 Å². The van der Waals surface area contributed by atoms with E-state index in [0.29, 0.717) is 28.9 Å². The predicted octanol–water partition coefficient (Wildman–Crippen LogP) is 4.98. The number of H-pyrrole nitrogens is 1. The number of carbonyl (C=O) groups excluding carboxylic acids is 1. The first-order valence-electron chi connectivity index (χ1n) is 10.1. The fourth-order valence-electron chi connectivity index (χ4n) is 3.75. The number of rotatable bonds is 5. The van der Waals surface area contributed by atoms with Gasteiger partial charge in [-0.25, -0.2) is 9.97 Å². The van der Waals surface area contributed by atoms with Gasteiger partial charge < -0.3 is 5.32 Å². The highest BCUT2D eigenvalue weighted by molar-refractivity contribution is 7.15. The minimum Gasteiger partial charge on any atom is -0.320 e. The summed E-state index contributed by atoms with van der Waals surface area (Å²) in [6, 6.07) is 17.4. The van der Waals surface area contributed by atoms with Crippen LogP contribution in [0, 0.1) is 0 Å². The number of fused-ring (bicyclic) bond motifs is 1. The molecule has 31 heavy (non-hydrogen) atoms. The smallest absolute Gasteiger partial charge is 0.274 e. The lowest BCUT2D eigenvalue weighted by Crippen LogP contribution is -2.16. The van der Waals surface area contributed by atoms with Gasteiger partial charge >= 0.3 is 0 Å². The second-order valence-electron chi connectivity index (χ2n) is 7.55. The van der Waals surface area contributed by atoms with Gasteiger partial charge in [0.15, 0.2) is 16.6 Å². The maximum Gasteiger partial charge on any atom is 0.274 e. The van der Waals surface area contributed by atoms with Crippen molar-refractivity contribution in [1.29, 1.82) is 0 Å². The fourth-order valence-corrected chi connectivity index (χ4v) is 4.47. The van der Waals surface area contributed by atoms with Crippen LogP contribution in [0.2, 0.25) is 0 Å². The van der Waals surface area contributed by atoms with Gasteiger partial charge in [0.25, 0.3) is 5.91 Å². The Labute approximate surface area is 181 Å². The van der Waals surface area contributed by atoms with Gasteiger partial charge in [-0.15, -0.1) is 11.3 Å². The zero-order chi connectivity index (χ0) is 20.8. The van der Waals surface area contributed by atoms with Crippen LogP contribution in [0.25, 0.3) is 27.7 Å². The molecule has 0 unspecified atom stereocenters. The number of nitrogens with zero attached hydrogens (tertiary/aromatic N) is 4. The van der Waals surface area contributed by atoms with Crippen molar-refractivity contribution in [2.75, 3.05) is 5.32 Å². The number of thiazole rings is 1. The number of nitrogens with one attached hydrogen (secondary N) is 2. The average Bonchev–Trinajstić information content (AvgIpc) is 3.20. The van der Waals surface area contributed by atoms with E-state index in [4.69, 9.17) is 4.98 Å². The number of anilines is 1. The zero-order valence-corrected chi connectivity index (χ0v) is 17.3. The van der Waals surface area contributed by atoms with Gasteiger partial charge in [-0.3, -0.25) is 14.3 Å². The van der Waals surface area contributed by atoms with E-state index in [1.54, 1.807) is 11.3 Å². The van der Waals surface area contributed by atoms with Crippen molar-refractivity contribution in [2.45, 2.75) is 18.8 Å². The molecule has 0 spiro atoms. The molecule has 152 valence electrons. The van der Waals surface area contributed by atoms with Crippen LogP contribution in [-0.2, 0) is 0 Å². The lowest BCUT2D eigenvalue weighted by molar-refractivity contribution is 0.102. The summed E-state index contributed by atoms with van der Waals surface area (Å²) in [5.74, 6) is 1.43. The van der Waals surface area contributed by atoms with Crippen LogP contribution in [-0.4, -0.2) is 30.5 Å². The van der Waals surface area contributed by atoms with Crippen LogP contribution in [0.3, 0.4) is 0 Å². The van der Waals surface area contributed by atoms with Crippen LogP contribution in [0.1, 0.15) is 34.9 Å². The maximum atomic E-state index is 13.3. The molecule has 8 heteroatoms. The summed E-state index contributed by atoms with van der Waals surface area (Å²) in [4.78, 5) is 23.5. The minimum absolute atomic E-state index is 0.164. The second kappa shape index (κ2) is 7.17. The average molecular weight is 427 g/mol. The Morgan fingerprint density at radius 1 is 1.06 bits per heavy atom. The molecule has 3 heterocycles. The van der Waals surface area contributed by atoms with E-state index in [1.165, 1.54) is 0 Å². The van der Waals surface area contributed by atoms with Crippen molar-refractivity contribution in [2.24, 2.45) is 0 Å². The van der Waals surface area contributed by atoms with Crippen molar-refractivity contribution < 1.29 is 4.79 Å². The van der Waals surface area contributed by atoms with E-state index < -0.39 is 0 Å². The molecule has 0 atom stereocenters. The predicted molar refractivity (Wildman–Crippen MR) is 120 cm³/mol. The monoisotopic (exact) mass is 426 g/mol. The molecule has 0 bridgehead atoms. The molecule has 2 N–H and O–H groups in total. The van der Waals surface area contributed by atoms with E-state index in [2.05, 4.69) is 20.5 Å². The molecule has 1 saturated carbocycles. The molecule has 1 aliphatic carbocycles. The summed E-state index contributed by atoms with van der Waals surface area (Å²) in [5.41, 5.74) is 3.91. The van der Waals surface area contributed by atoms with Gasteiger partial charge in [0.2, 0.25) is 0 Å². The number of hydrogen-bond donors (Lipinski definition) is 2. The quantitative estimate of drug-likeness (QED) is 0.415. The number of para-hydroxylation sites is 1. The molecule has 7 nitrogen and oxygen atoms in total. The van der Waals surface area contributed by atoms with Crippen molar-refractivity contribution in [3.05, 3.63) is 77.6 Å². The van der Waals surface area contributed by atoms with Crippen molar-refractivity contribution >= 4 is 27.9 Å². The number of aromatic nitrogens is 5. The molecule has 5 aromatic rings. The molecule has 1 fully saturated rings. The molecule has 0 aliphatic heterocycles. The largest absolute Gasteiger partial charge is 0.320 e. The standard InChI is InChI=1S/C23H18N6OS/c30-22(19-18(14-10-11-14)25-23-29(19)12-13-31-23)24-17-9-5-4-8-16(17)21-26-20(27-28-21)15-6-2-1-3-7-15/h1-9,12-14H,10-11H2,(H,24,30)(H,26,27,28). The third-order valence-corrected chi connectivity index (χ3v) is 6.17. The Balaban J connectivity index is 1.35. The second-order valence-corrected chi connectivity index (χ2v) is 8.42. The highest BCUT2D eigenvalue weighted by atomic mass is 32.1. The van der Waals surface area contributed by atoms with Gasteiger partial charge in [0.05, 0.1) is 11.4 Å². The number of amides is 1. The summed E-state index contributed by atoms with van der Waals surface area (Å²) in [5, 5.41) is 12.4. The number of benzene rings is 2. The summed E-state index contributed by atoms with van der Waals surface area (Å²) < 4.78 is 1.89. The Morgan fingerprint density at radius 3 is 2.71 bits per heavy atom. The molecule has 3 aromatic heterocycles. The molecule has 0 radical (unpaired) electrons. The fraction of sp³-hybridized carbons (Fsp3) is 0.130. The highest BCUT2D eigenvalue weighted by Gasteiger charge is 2.33. The van der Waals surface area contributed by atoms with Crippen molar-refractivity contribution in [3.8, 4) is 22.8 Å². The molecule has 2 aromatic carbocycles. The van der Waals surface area contributed by atoms with Crippen LogP contribution >= 0.6 is 11.3 Å². The molecule has 1 amide bonds. The topological polar surface area (TPSA) is 88.0 Å². The SMILES string of the molecule is O=C(Nc1ccccc1-c1nc(-c2ccccc2)n[nH]1)c1c(C2CC2)nc2sccn12. The van der Waals surface area contributed by atoms with E-state index in [1.807, 2.05) is 70.6 Å². The first kappa shape index (κ1) is 18.0.